The maximum absolute atomic E-state index is 13.8. The van der Waals surface area contributed by atoms with Crippen LogP contribution in [-0.2, 0) is 0 Å². The summed E-state index contributed by atoms with van der Waals surface area (Å²) in [7, 11) is 0. The van der Waals surface area contributed by atoms with Crippen molar-refractivity contribution in [3.05, 3.63) is 29.7 Å². The number of H-pyrrole nitrogens is 1. The fraction of sp³-hybridized carbons (Fsp3) is 0.250. The average Bonchev–Trinajstić information content (AvgIpc) is 2.86. The van der Waals surface area contributed by atoms with Crippen molar-refractivity contribution >= 4 is 5.91 Å². The van der Waals surface area contributed by atoms with Crippen LogP contribution >= 0.6 is 0 Å². The van der Waals surface area contributed by atoms with Crippen LogP contribution in [0.4, 0.5) is 4.39 Å². The van der Waals surface area contributed by atoms with Gasteiger partial charge in [-0.15, -0.1) is 0 Å². The van der Waals surface area contributed by atoms with Gasteiger partial charge in [-0.3, -0.25) is 4.79 Å². The first-order valence-corrected chi connectivity index (χ1v) is 5.76. The number of hydrogen-bond acceptors (Lipinski definition) is 4. The van der Waals surface area contributed by atoms with Crippen molar-refractivity contribution in [3.63, 3.8) is 0 Å². The minimum atomic E-state index is -0.726. The Hall–Kier alpha value is -2.44. The summed E-state index contributed by atoms with van der Waals surface area (Å²) in [6.45, 7) is 2.37. The SMILES string of the molecule is CCCOc1ccc(-c2n[nH]nc2C(N)=O)cc1F. The second-order valence-electron chi connectivity index (χ2n) is 3.88. The number of benzene rings is 1. The first-order chi connectivity index (χ1) is 9.13. The molecule has 1 aromatic carbocycles. The summed E-state index contributed by atoms with van der Waals surface area (Å²) >= 11 is 0. The lowest BCUT2D eigenvalue weighted by Gasteiger charge is -2.06. The molecule has 2 aromatic rings. The summed E-state index contributed by atoms with van der Waals surface area (Å²) in [6.07, 6.45) is 0.788. The first-order valence-electron chi connectivity index (χ1n) is 5.76. The van der Waals surface area contributed by atoms with Gasteiger partial charge in [-0.25, -0.2) is 4.39 Å². The van der Waals surface area contributed by atoms with Crippen LogP contribution in [0.3, 0.4) is 0 Å². The van der Waals surface area contributed by atoms with Crippen LogP contribution in [0.2, 0.25) is 0 Å². The second kappa shape index (κ2) is 5.47. The number of nitrogens with two attached hydrogens (primary N) is 1. The summed E-state index contributed by atoms with van der Waals surface area (Å²) in [5.74, 6) is -1.09. The Balaban J connectivity index is 2.33. The highest BCUT2D eigenvalue weighted by Gasteiger charge is 2.16. The standard InChI is InChI=1S/C12H13FN4O2/c1-2-5-19-9-4-3-7(6-8(9)13)10-11(12(14)18)16-17-15-10/h3-4,6H,2,5H2,1H3,(H2,14,18)(H,15,16,17). The van der Waals surface area contributed by atoms with Crippen molar-refractivity contribution < 1.29 is 13.9 Å². The zero-order valence-corrected chi connectivity index (χ0v) is 10.3. The minimum absolute atomic E-state index is 0.0263. The van der Waals surface area contributed by atoms with Gasteiger partial charge in [0, 0.05) is 5.56 Å². The molecule has 0 fully saturated rings. The molecule has 19 heavy (non-hydrogen) atoms. The molecule has 2 rings (SSSR count). The van der Waals surface area contributed by atoms with E-state index in [0.717, 1.165) is 6.42 Å². The van der Waals surface area contributed by atoms with Gasteiger partial charge in [0.1, 0.15) is 5.69 Å². The second-order valence-corrected chi connectivity index (χ2v) is 3.88. The molecule has 0 aliphatic carbocycles. The molecule has 0 aliphatic rings. The molecule has 3 N–H and O–H groups in total. The lowest BCUT2D eigenvalue weighted by Crippen LogP contribution is -2.12. The maximum Gasteiger partial charge on any atom is 0.271 e. The lowest BCUT2D eigenvalue weighted by atomic mass is 10.1. The lowest BCUT2D eigenvalue weighted by molar-refractivity contribution is 0.0996. The highest BCUT2D eigenvalue weighted by molar-refractivity contribution is 5.96. The van der Waals surface area contributed by atoms with Gasteiger partial charge in [0.2, 0.25) is 0 Å². The van der Waals surface area contributed by atoms with Gasteiger partial charge in [-0.05, 0) is 24.6 Å². The molecule has 1 aromatic heterocycles. The maximum atomic E-state index is 13.8. The van der Waals surface area contributed by atoms with E-state index >= 15 is 0 Å². The zero-order chi connectivity index (χ0) is 13.8. The molecule has 0 unspecified atom stereocenters. The monoisotopic (exact) mass is 264 g/mol. The Bertz CT molecular complexity index is 597. The third-order valence-electron chi connectivity index (χ3n) is 2.45. The van der Waals surface area contributed by atoms with Crippen molar-refractivity contribution in [3.8, 4) is 17.0 Å². The molecule has 0 aliphatic heterocycles. The van der Waals surface area contributed by atoms with E-state index in [1.165, 1.54) is 12.1 Å². The number of carbonyl (C=O) groups excluding carboxylic acids is 1. The fourth-order valence-electron chi connectivity index (χ4n) is 1.58. The summed E-state index contributed by atoms with van der Waals surface area (Å²) in [5.41, 5.74) is 5.75. The van der Waals surface area contributed by atoms with Gasteiger partial charge in [-0.2, -0.15) is 15.4 Å². The van der Waals surface area contributed by atoms with E-state index in [9.17, 15) is 9.18 Å². The quantitative estimate of drug-likeness (QED) is 0.855. The Labute approximate surface area is 108 Å². The minimum Gasteiger partial charge on any atom is -0.491 e. The van der Waals surface area contributed by atoms with Gasteiger partial charge in [0.05, 0.1) is 6.61 Å². The van der Waals surface area contributed by atoms with Crippen LogP contribution in [0.25, 0.3) is 11.3 Å². The normalized spacial score (nSPS) is 10.4. The number of halogens is 1. The van der Waals surface area contributed by atoms with E-state index < -0.39 is 11.7 Å². The highest BCUT2D eigenvalue weighted by Crippen LogP contribution is 2.25. The molecular formula is C12H13FN4O2. The number of rotatable bonds is 5. The number of aromatic amines is 1. The number of primary amides is 1. The summed E-state index contributed by atoms with van der Waals surface area (Å²) < 4.78 is 19.0. The molecule has 0 bridgehead atoms. The van der Waals surface area contributed by atoms with E-state index in [2.05, 4.69) is 15.4 Å². The molecule has 100 valence electrons. The molecule has 0 spiro atoms. The number of carbonyl (C=O) groups is 1. The van der Waals surface area contributed by atoms with E-state index in [1.54, 1.807) is 6.07 Å². The van der Waals surface area contributed by atoms with Crippen molar-refractivity contribution in [2.75, 3.05) is 6.61 Å². The molecule has 0 saturated carbocycles. The molecule has 6 nitrogen and oxygen atoms in total. The Kier molecular flexibility index (Phi) is 3.74. The first kappa shape index (κ1) is 13.0. The van der Waals surface area contributed by atoms with Gasteiger partial charge in [0.25, 0.3) is 5.91 Å². The van der Waals surface area contributed by atoms with Gasteiger partial charge in [0.15, 0.2) is 17.3 Å². The topological polar surface area (TPSA) is 93.9 Å². The van der Waals surface area contributed by atoms with E-state index in [-0.39, 0.29) is 17.1 Å². The summed E-state index contributed by atoms with van der Waals surface area (Å²) in [4.78, 5) is 11.1. The highest BCUT2D eigenvalue weighted by atomic mass is 19.1. The smallest absolute Gasteiger partial charge is 0.271 e. The number of nitrogens with zero attached hydrogens (tertiary/aromatic N) is 2. The van der Waals surface area contributed by atoms with Crippen molar-refractivity contribution in [2.45, 2.75) is 13.3 Å². The van der Waals surface area contributed by atoms with E-state index in [4.69, 9.17) is 10.5 Å². The van der Waals surface area contributed by atoms with E-state index in [1.807, 2.05) is 6.92 Å². The van der Waals surface area contributed by atoms with Gasteiger partial charge < -0.3 is 10.5 Å². The predicted molar refractivity (Wildman–Crippen MR) is 66.1 cm³/mol. The van der Waals surface area contributed by atoms with Crippen LogP contribution in [0.5, 0.6) is 5.75 Å². The van der Waals surface area contributed by atoms with Crippen molar-refractivity contribution in [2.24, 2.45) is 5.73 Å². The molecule has 0 radical (unpaired) electrons. The van der Waals surface area contributed by atoms with E-state index in [0.29, 0.717) is 12.2 Å². The van der Waals surface area contributed by atoms with Crippen molar-refractivity contribution in [1.29, 1.82) is 0 Å². The Morgan fingerprint density at radius 2 is 2.26 bits per heavy atom. The molecule has 0 atom stereocenters. The van der Waals surface area contributed by atoms with Crippen LogP contribution in [0.15, 0.2) is 18.2 Å². The Morgan fingerprint density at radius 3 is 2.89 bits per heavy atom. The van der Waals surface area contributed by atoms with Crippen LogP contribution in [-0.4, -0.2) is 27.9 Å². The third kappa shape index (κ3) is 2.70. The number of hydrogen-bond donors (Lipinski definition) is 2. The molecule has 0 saturated heterocycles. The number of ether oxygens (including phenoxy) is 1. The molecule has 1 amide bonds. The summed E-state index contributed by atoms with van der Waals surface area (Å²) in [5, 5.41) is 9.72. The molecule has 7 heteroatoms. The van der Waals surface area contributed by atoms with Crippen LogP contribution in [0.1, 0.15) is 23.8 Å². The van der Waals surface area contributed by atoms with Crippen molar-refractivity contribution in [1.82, 2.24) is 15.4 Å². The van der Waals surface area contributed by atoms with Crippen LogP contribution in [0, 0.1) is 5.82 Å². The predicted octanol–water partition coefficient (Wildman–Crippen LogP) is 1.50. The fourth-order valence-corrected chi connectivity index (χ4v) is 1.58. The van der Waals surface area contributed by atoms with Crippen LogP contribution < -0.4 is 10.5 Å². The number of nitrogens with one attached hydrogen (secondary N) is 1. The molecular weight excluding hydrogens is 251 g/mol. The third-order valence-corrected chi connectivity index (χ3v) is 2.45. The number of aromatic nitrogens is 3. The zero-order valence-electron chi connectivity index (χ0n) is 10.3. The largest absolute Gasteiger partial charge is 0.491 e. The molecule has 1 heterocycles. The van der Waals surface area contributed by atoms with Gasteiger partial charge in [-0.1, -0.05) is 6.92 Å². The summed E-state index contributed by atoms with van der Waals surface area (Å²) in [6, 6.07) is 4.31. The Morgan fingerprint density at radius 1 is 1.47 bits per heavy atom. The van der Waals surface area contributed by atoms with Gasteiger partial charge >= 0.3 is 0 Å². The average molecular weight is 264 g/mol. The number of amides is 1.